The van der Waals surface area contributed by atoms with Crippen molar-refractivity contribution >= 4 is 7.82 Å². The van der Waals surface area contributed by atoms with E-state index >= 15 is 0 Å². The van der Waals surface area contributed by atoms with Gasteiger partial charge in [0.15, 0.2) is 11.5 Å². The van der Waals surface area contributed by atoms with Crippen molar-refractivity contribution in [1.82, 2.24) is 0 Å². The largest absolute Gasteiger partial charge is 0.524 e. The van der Waals surface area contributed by atoms with Gasteiger partial charge in [-0.2, -0.15) is 0 Å². The third-order valence-corrected chi connectivity index (χ3v) is 6.75. The molecule has 0 saturated heterocycles. The summed E-state index contributed by atoms with van der Waals surface area (Å²) in [6.45, 7) is 12.5. The van der Waals surface area contributed by atoms with Crippen LogP contribution < -0.4 is 9.26 Å². The van der Waals surface area contributed by atoms with E-state index in [2.05, 4.69) is 13.8 Å². The Morgan fingerprint density at radius 1 is 0.649 bits per heavy atom. The topological polar surface area (TPSA) is 85.2 Å². The van der Waals surface area contributed by atoms with Crippen LogP contribution in [0.3, 0.4) is 0 Å². The number of aryl methyl sites for hydroxylation is 1. The van der Waals surface area contributed by atoms with Gasteiger partial charge in [0.05, 0.1) is 6.61 Å². The molecule has 218 valence electrons. The number of unbranched alkanes of at least 4 members (excludes halogenated alkanes) is 12. The van der Waals surface area contributed by atoms with Gasteiger partial charge in [0, 0.05) is 18.8 Å². The number of benzene rings is 1. The minimum absolute atomic E-state index is 0.154. The Bertz CT molecular complexity index is 702. The molecule has 37 heavy (non-hydrogen) atoms. The Morgan fingerprint density at radius 2 is 1.14 bits per heavy atom. The maximum atomic E-state index is 11.5. The number of hydrogen-bond acceptors (Lipinski definition) is 4. The molecule has 0 heterocycles. The maximum absolute atomic E-state index is 11.5. The van der Waals surface area contributed by atoms with Crippen LogP contribution >= 0.6 is 7.82 Å². The van der Waals surface area contributed by atoms with Crippen LogP contribution in [0.2, 0.25) is 0 Å². The van der Waals surface area contributed by atoms with E-state index in [0.29, 0.717) is 12.4 Å². The standard InChI is InChI=1S/C26H47O5P.C4H10O/c1-4-7-9-11-13-15-17-19-23-21-22-25(31-32(27,28)29)26(30-6-3)24(23)20-18-16-14-12-10-8-5-2;1-3-5-4-2/h21-22H,4-20H2,1-3H3,(H2,27,28,29);3-4H2,1-2H3. The molecule has 1 aromatic carbocycles. The highest BCUT2D eigenvalue weighted by Gasteiger charge is 2.22. The van der Waals surface area contributed by atoms with Crippen molar-refractivity contribution in [1.29, 1.82) is 0 Å². The Balaban J connectivity index is 0.00000235. The summed E-state index contributed by atoms with van der Waals surface area (Å²) in [7, 11) is -4.64. The zero-order chi connectivity index (χ0) is 27.8. The molecule has 0 fully saturated rings. The highest BCUT2D eigenvalue weighted by molar-refractivity contribution is 7.46. The molecule has 0 spiro atoms. The first kappa shape index (κ1) is 35.9. The second-order valence-corrected chi connectivity index (χ2v) is 10.7. The molecule has 0 bridgehead atoms. The Kier molecular flexibility index (Phi) is 23.3. The van der Waals surface area contributed by atoms with Gasteiger partial charge in [-0.15, -0.1) is 0 Å². The van der Waals surface area contributed by atoms with Crippen LogP contribution in [-0.2, 0) is 22.1 Å². The van der Waals surface area contributed by atoms with Crippen molar-refractivity contribution in [3.63, 3.8) is 0 Å². The summed E-state index contributed by atoms with van der Waals surface area (Å²) in [6.07, 6.45) is 19.2. The first-order chi connectivity index (χ1) is 17.8. The van der Waals surface area contributed by atoms with E-state index in [-0.39, 0.29) is 5.75 Å². The van der Waals surface area contributed by atoms with Crippen LogP contribution in [0, 0.1) is 0 Å². The van der Waals surface area contributed by atoms with Crippen molar-refractivity contribution in [2.45, 2.75) is 137 Å². The Labute approximate surface area is 228 Å². The molecule has 0 aliphatic carbocycles. The minimum Gasteiger partial charge on any atom is -0.490 e. The van der Waals surface area contributed by atoms with E-state index in [1.165, 1.54) is 76.2 Å². The minimum atomic E-state index is -4.64. The number of hydrogen-bond donors (Lipinski definition) is 2. The van der Waals surface area contributed by atoms with E-state index in [9.17, 15) is 14.4 Å². The quantitative estimate of drug-likeness (QED) is 0.112. The first-order valence-electron chi connectivity index (χ1n) is 14.9. The van der Waals surface area contributed by atoms with Gasteiger partial charge < -0.3 is 14.0 Å². The molecule has 0 saturated carbocycles. The lowest BCUT2D eigenvalue weighted by Gasteiger charge is -2.19. The van der Waals surface area contributed by atoms with Gasteiger partial charge in [0.1, 0.15) is 0 Å². The highest BCUT2D eigenvalue weighted by atomic mass is 31.2. The van der Waals surface area contributed by atoms with Gasteiger partial charge in [-0.25, -0.2) is 4.57 Å². The van der Waals surface area contributed by atoms with Crippen molar-refractivity contribution in [3.05, 3.63) is 23.3 Å². The van der Waals surface area contributed by atoms with Crippen molar-refractivity contribution < 1.29 is 28.3 Å². The summed E-state index contributed by atoms with van der Waals surface area (Å²) in [5, 5.41) is 0. The van der Waals surface area contributed by atoms with Gasteiger partial charge in [0.2, 0.25) is 0 Å². The average molecular weight is 545 g/mol. The molecule has 0 atom stereocenters. The summed E-state index contributed by atoms with van der Waals surface area (Å²) < 4.78 is 27.2. The lowest BCUT2D eigenvalue weighted by molar-refractivity contribution is 0.162. The number of phosphoric acid groups is 1. The molecule has 0 amide bonds. The van der Waals surface area contributed by atoms with Crippen LogP contribution in [0.1, 0.15) is 136 Å². The van der Waals surface area contributed by atoms with E-state index in [1.807, 2.05) is 26.8 Å². The fraction of sp³-hybridized carbons (Fsp3) is 0.800. The van der Waals surface area contributed by atoms with Crippen molar-refractivity contribution in [2.75, 3.05) is 19.8 Å². The molecule has 6 nitrogen and oxygen atoms in total. The number of rotatable bonds is 22. The fourth-order valence-electron chi connectivity index (χ4n) is 4.39. The molecule has 0 aliphatic rings. The number of phosphoric ester groups is 1. The lowest BCUT2D eigenvalue weighted by Crippen LogP contribution is -2.05. The molecule has 0 radical (unpaired) electrons. The van der Waals surface area contributed by atoms with Crippen LogP contribution in [0.25, 0.3) is 0 Å². The molecule has 7 heteroatoms. The smallest absolute Gasteiger partial charge is 0.490 e. The lowest BCUT2D eigenvalue weighted by atomic mass is 9.95. The predicted molar refractivity (Wildman–Crippen MR) is 156 cm³/mol. The highest BCUT2D eigenvalue weighted by Crippen LogP contribution is 2.44. The molecule has 2 N–H and O–H groups in total. The maximum Gasteiger partial charge on any atom is 0.524 e. The third kappa shape index (κ3) is 19.6. The van der Waals surface area contributed by atoms with E-state index < -0.39 is 7.82 Å². The van der Waals surface area contributed by atoms with Gasteiger partial charge >= 0.3 is 7.82 Å². The van der Waals surface area contributed by atoms with Gasteiger partial charge in [0.25, 0.3) is 0 Å². The Morgan fingerprint density at radius 3 is 1.57 bits per heavy atom. The van der Waals surface area contributed by atoms with Crippen molar-refractivity contribution in [2.24, 2.45) is 0 Å². The van der Waals surface area contributed by atoms with Crippen molar-refractivity contribution in [3.8, 4) is 11.5 Å². The van der Waals surface area contributed by atoms with Crippen LogP contribution in [0.15, 0.2) is 12.1 Å². The normalized spacial score (nSPS) is 11.2. The molecular formula is C30H57O6P. The summed E-state index contributed by atoms with van der Waals surface area (Å²) in [4.78, 5) is 18.7. The average Bonchev–Trinajstić information content (AvgIpc) is 2.85. The van der Waals surface area contributed by atoms with Gasteiger partial charge in [-0.3, -0.25) is 9.79 Å². The summed E-state index contributed by atoms with van der Waals surface area (Å²) in [5.74, 6) is 0.670. The molecule has 0 unspecified atom stereocenters. The van der Waals surface area contributed by atoms with E-state index in [4.69, 9.17) is 14.0 Å². The van der Waals surface area contributed by atoms with Gasteiger partial charge in [-0.05, 0) is 58.1 Å². The second kappa shape index (κ2) is 24.0. The summed E-state index contributed by atoms with van der Waals surface area (Å²) in [6, 6.07) is 3.64. The third-order valence-electron chi connectivity index (χ3n) is 6.32. The number of ether oxygens (including phenoxy) is 2. The van der Waals surface area contributed by atoms with Crippen LogP contribution in [0.4, 0.5) is 0 Å². The summed E-state index contributed by atoms with van der Waals surface area (Å²) >= 11 is 0. The molecule has 1 aromatic rings. The van der Waals surface area contributed by atoms with E-state index in [1.54, 1.807) is 6.07 Å². The van der Waals surface area contributed by atoms with Crippen LogP contribution in [0.5, 0.6) is 11.5 Å². The molecule has 0 aromatic heterocycles. The Hall–Kier alpha value is -1.07. The van der Waals surface area contributed by atoms with E-state index in [0.717, 1.165) is 50.9 Å². The molecule has 1 rings (SSSR count). The predicted octanol–water partition coefficient (Wildman–Crippen LogP) is 9.19. The van der Waals surface area contributed by atoms with Crippen LogP contribution in [-0.4, -0.2) is 29.6 Å². The second-order valence-electron chi connectivity index (χ2n) is 9.57. The summed E-state index contributed by atoms with van der Waals surface area (Å²) in [5.41, 5.74) is 2.29. The zero-order valence-corrected chi connectivity index (χ0v) is 25.5. The fourth-order valence-corrected chi connectivity index (χ4v) is 4.79. The molecule has 0 aliphatic heterocycles. The first-order valence-corrected chi connectivity index (χ1v) is 16.5. The molecular weight excluding hydrogens is 487 g/mol. The monoisotopic (exact) mass is 544 g/mol. The zero-order valence-electron chi connectivity index (χ0n) is 24.6. The van der Waals surface area contributed by atoms with Gasteiger partial charge in [-0.1, -0.05) is 97.0 Å². The SMILES string of the molecule is CCCCCCCCCc1ccc(OP(=O)(O)O)c(OCC)c1CCCCCCCCC.CCOCC.